The van der Waals surface area contributed by atoms with Crippen LogP contribution in [-0.2, 0) is 4.79 Å². The molecule has 6 nitrogen and oxygen atoms in total. The summed E-state index contributed by atoms with van der Waals surface area (Å²) in [5, 5.41) is 9.92. The number of aromatic nitrogens is 2. The van der Waals surface area contributed by atoms with Crippen LogP contribution in [0, 0.1) is 18.3 Å². The molecule has 0 bridgehead atoms. The van der Waals surface area contributed by atoms with Crippen LogP contribution in [0.3, 0.4) is 0 Å². The third kappa shape index (κ3) is 4.52. The summed E-state index contributed by atoms with van der Waals surface area (Å²) in [6, 6.07) is 0.125. The van der Waals surface area contributed by atoms with E-state index in [1.54, 1.807) is 6.92 Å². The van der Waals surface area contributed by atoms with Crippen molar-refractivity contribution in [3.05, 3.63) is 5.89 Å². The van der Waals surface area contributed by atoms with Gasteiger partial charge in [0.15, 0.2) is 0 Å². The number of nitrogens with one attached hydrogen (secondary N) is 1. The highest BCUT2D eigenvalue weighted by molar-refractivity contribution is 5.90. The van der Waals surface area contributed by atoms with Crippen molar-refractivity contribution in [2.45, 2.75) is 34.1 Å². The van der Waals surface area contributed by atoms with Crippen LogP contribution >= 0.6 is 0 Å². The summed E-state index contributed by atoms with van der Waals surface area (Å²) in [6.07, 6.45) is 0.711. The third-order valence-corrected chi connectivity index (χ3v) is 2.27. The molecule has 0 aliphatic rings. The summed E-state index contributed by atoms with van der Waals surface area (Å²) in [5.74, 6) is -0.00583. The lowest BCUT2D eigenvalue weighted by molar-refractivity contribution is -0.120. The van der Waals surface area contributed by atoms with Gasteiger partial charge in [0.25, 0.3) is 0 Å². The molecule has 1 amide bonds. The van der Waals surface area contributed by atoms with Crippen molar-refractivity contribution >= 4 is 11.9 Å². The molecular weight excluding hydrogens is 220 g/mol. The van der Waals surface area contributed by atoms with Crippen LogP contribution in [0.15, 0.2) is 4.42 Å². The molecule has 0 saturated heterocycles. The number of anilines is 1. The van der Waals surface area contributed by atoms with Gasteiger partial charge in [0.2, 0.25) is 11.8 Å². The Balaban J connectivity index is 2.61. The quantitative estimate of drug-likeness (QED) is 0.828. The first-order chi connectivity index (χ1) is 7.81. The van der Waals surface area contributed by atoms with Gasteiger partial charge in [-0.3, -0.25) is 10.1 Å². The van der Waals surface area contributed by atoms with E-state index in [1.165, 1.54) is 0 Å². The Bertz CT molecular complexity index is 381. The van der Waals surface area contributed by atoms with Crippen LogP contribution in [0.25, 0.3) is 0 Å². The summed E-state index contributed by atoms with van der Waals surface area (Å²) >= 11 is 0. The molecule has 17 heavy (non-hydrogen) atoms. The molecule has 1 heterocycles. The maximum Gasteiger partial charge on any atom is 0.322 e. The van der Waals surface area contributed by atoms with Crippen LogP contribution in [0.5, 0.6) is 0 Å². The summed E-state index contributed by atoms with van der Waals surface area (Å²) in [7, 11) is 0. The maximum atomic E-state index is 11.9. The summed E-state index contributed by atoms with van der Waals surface area (Å²) < 4.78 is 5.08. The fourth-order valence-corrected chi connectivity index (χ4v) is 1.58. The van der Waals surface area contributed by atoms with Crippen molar-refractivity contribution in [2.75, 3.05) is 11.9 Å². The Hall–Kier alpha value is -1.43. The van der Waals surface area contributed by atoms with Gasteiger partial charge in [0.1, 0.15) is 0 Å². The molecule has 0 aliphatic carbocycles. The van der Waals surface area contributed by atoms with Gasteiger partial charge in [-0.25, -0.2) is 0 Å². The lowest BCUT2D eigenvalue weighted by Crippen LogP contribution is -2.32. The van der Waals surface area contributed by atoms with Gasteiger partial charge < -0.3 is 10.2 Å². The average Bonchev–Trinajstić information content (AvgIpc) is 2.59. The van der Waals surface area contributed by atoms with Crippen molar-refractivity contribution in [3.63, 3.8) is 0 Å². The highest BCUT2D eigenvalue weighted by atomic mass is 16.4. The van der Waals surface area contributed by atoms with Gasteiger partial charge in [-0.1, -0.05) is 25.9 Å². The van der Waals surface area contributed by atoms with Crippen molar-refractivity contribution in [1.82, 2.24) is 10.2 Å². The van der Waals surface area contributed by atoms with E-state index in [2.05, 4.69) is 36.3 Å². The van der Waals surface area contributed by atoms with Gasteiger partial charge >= 0.3 is 6.01 Å². The number of aryl methyl sites for hydroxylation is 1. The number of nitrogens with zero attached hydrogens (tertiary/aromatic N) is 2. The lowest BCUT2D eigenvalue weighted by Gasteiger charge is -2.23. The predicted molar refractivity (Wildman–Crippen MR) is 64.3 cm³/mol. The first-order valence-electron chi connectivity index (χ1n) is 5.63. The van der Waals surface area contributed by atoms with Gasteiger partial charge in [-0.05, 0) is 11.8 Å². The van der Waals surface area contributed by atoms with Gasteiger partial charge in [-0.15, -0.1) is 5.10 Å². The Kier molecular flexibility index (Phi) is 4.22. The molecule has 6 heteroatoms. The van der Waals surface area contributed by atoms with Crippen LogP contribution < -0.4 is 11.1 Å². The summed E-state index contributed by atoms with van der Waals surface area (Å²) in [6.45, 7) is 8.17. The molecule has 96 valence electrons. The van der Waals surface area contributed by atoms with E-state index in [-0.39, 0.29) is 23.3 Å². The smallest absolute Gasteiger partial charge is 0.322 e. The number of nitrogens with two attached hydrogens (primary N) is 1. The Labute approximate surface area is 101 Å². The second-order valence-corrected chi connectivity index (χ2v) is 5.31. The fourth-order valence-electron chi connectivity index (χ4n) is 1.58. The molecular formula is C11H20N4O2. The molecule has 0 aliphatic heterocycles. The van der Waals surface area contributed by atoms with Gasteiger partial charge in [-0.2, -0.15) is 0 Å². The Morgan fingerprint density at radius 1 is 1.47 bits per heavy atom. The molecule has 0 aromatic carbocycles. The second-order valence-electron chi connectivity index (χ2n) is 5.31. The van der Waals surface area contributed by atoms with Crippen molar-refractivity contribution in [3.8, 4) is 0 Å². The first kappa shape index (κ1) is 13.6. The van der Waals surface area contributed by atoms with E-state index in [4.69, 9.17) is 10.2 Å². The minimum Gasteiger partial charge on any atom is -0.408 e. The second kappa shape index (κ2) is 5.27. The number of rotatable bonds is 4. The van der Waals surface area contributed by atoms with Crippen LogP contribution in [0.2, 0.25) is 0 Å². The zero-order valence-corrected chi connectivity index (χ0v) is 10.8. The topological polar surface area (TPSA) is 94.0 Å². The first-order valence-corrected chi connectivity index (χ1v) is 5.63. The monoisotopic (exact) mass is 240 g/mol. The predicted octanol–water partition coefficient (Wildman–Crippen LogP) is 1.33. The van der Waals surface area contributed by atoms with Crippen molar-refractivity contribution < 1.29 is 9.21 Å². The number of amides is 1. The van der Waals surface area contributed by atoms with E-state index >= 15 is 0 Å². The van der Waals surface area contributed by atoms with Crippen LogP contribution in [0.4, 0.5) is 6.01 Å². The lowest BCUT2D eigenvalue weighted by atomic mass is 9.84. The minimum atomic E-state index is -0.248. The molecule has 1 rings (SSSR count). The molecule has 0 radical (unpaired) electrons. The van der Waals surface area contributed by atoms with Gasteiger partial charge in [0.05, 0.1) is 5.92 Å². The molecule has 0 saturated carbocycles. The SMILES string of the molecule is Cc1nnc(NC(=O)C(CN)CC(C)(C)C)o1. The average molecular weight is 240 g/mol. The van der Waals surface area contributed by atoms with Crippen molar-refractivity contribution in [2.24, 2.45) is 17.1 Å². The highest BCUT2D eigenvalue weighted by Gasteiger charge is 2.24. The van der Waals surface area contributed by atoms with Crippen LogP contribution in [-0.4, -0.2) is 22.6 Å². The molecule has 1 unspecified atom stereocenters. The zero-order valence-electron chi connectivity index (χ0n) is 10.8. The molecule has 0 spiro atoms. The number of hydrogen-bond acceptors (Lipinski definition) is 5. The third-order valence-electron chi connectivity index (χ3n) is 2.27. The molecule has 1 aromatic heterocycles. The Morgan fingerprint density at radius 3 is 2.53 bits per heavy atom. The molecule has 1 atom stereocenters. The number of hydrogen-bond donors (Lipinski definition) is 2. The van der Waals surface area contributed by atoms with Crippen LogP contribution in [0.1, 0.15) is 33.1 Å². The zero-order chi connectivity index (χ0) is 13.1. The number of carbonyl (C=O) groups is 1. The van der Waals surface area contributed by atoms with Crippen molar-refractivity contribution in [1.29, 1.82) is 0 Å². The summed E-state index contributed by atoms with van der Waals surface area (Å²) in [5.41, 5.74) is 5.66. The summed E-state index contributed by atoms with van der Waals surface area (Å²) in [4.78, 5) is 11.9. The van der Waals surface area contributed by atoms with E-state index in [9.17, 15) is 4.79 Å². The molecule has 1 aromatic rings. The van der Waals surface area contributed by atoms with E-state index in [0.717, 1.165) is 0 Å². The number of carbonyl (C=O) groups excluding carboxylic acids is 1. The Morgan fingerprint density at radius 2 is 2.12 bits per heavy atom. The normalized spacial score (nSPS) is 13.5. The van der Waals surface area contributed by atoms with E-state index in [0.29, 0.717) is 18.9 Å². The molecule has 3 N–H and O–H groups in total. The van der Waals surface area contributed by atoms with Gasteiger partial charge in [0, 0.05) is 13.5 Å². The minimum absolute atomic E-state index is 0.0478. The maximum absolute atomic E-state index is 11.9. The largest absolute Gasteiger partial charge is 0.408 e. The van der Waals surface area contributed by atoms with E-state index < -0.39 is 0 Å². The molecule has 0 fully saturated rings. The standard InChI is InChI=1S/C11H20N4O2/c1-7-14-15-10(17-7)13-9(16)8(6-12)5-11(2,3)4/h8H,5-6,12H2,1-4H3,(H,13,15,16). The van der Waals surface area contributed by atoms with E-state index in [1.807, 2.05) is 0 Å². The fraction of sp³-hybridized carbons (Fsp3) is 0.727. The highest BCUT2D eigenvalue weighted by Crippen LogP contribution is 2.24.